The number of rotatable bonds is 7. The molecule has 0 bridgehead atoms. The zero-order valence-electron chi connectivity index (χ0n) is 17.4. The van der Waals surface area contributed by atoms with Crippen molar-refractivity contribution in [3.8, 4) is 0 Å². The van der Waals surface area contributed by atoms with Crippen molar-refractivity contribution < 1.29 is 28.7 Å². The van der Waals surface area contributed by atoms with Gasteiger partial charge >= 0.3 is 5.97 Å². The molecule has 0 radical (unpaired) electrons. The number of hydrogen-bond acceptors (Lipinski definition) is 6. The lowest BCUT2D eigenvalue weighted by atomic mass is 10.0. The molecule has 8 nitrogen and oxygen atoms in total. The van der Waals surface area contributed by atoms with Gasteiger partial charge in [-0.25, -0.2) is 4.79 Å². The van der Waals surface area contributed by atoms with Crippen molar-refractivity contribution in [1.82, 2.24) is 4.90 Å². The number of Topliss-reactive ketones (excluding diaryl/α,β-unsaturated/α-hetero) is 1. The van der Waals surface area contributed by atoms with Gasteiger partial charge in [0.2, 0.25) is 11.7 Å². The summed E-state index contributed by atoms with van der Waals surface area (Å²) in [5.41, 5.74) is 1.32. The van der Waals surface area contributed by atoms with Crippen LogP contribution in [0.2, 0.25) is 0 Å². The minimum atomic E-state index is -1.07. The van der Waals surface area contributed by atoms with Crippen LogP contribution < -0.4 is 5.32 Å². The molecule has 3 rings (SSSR count). The summed E-state index contributed by atoms with van der Waals surface area (Å²) in [6, 6.07) is 10.4. The molecule has 160 valence electrons. The second-order valence-corrected chi connectivity index (χ2v) is 7.22. The van der Waals surface area contributed by atoms with Crippen molar-refractivity contribution in [2.45, 2.75) is 32.8 Å². The zero-order valence-corrected chi connectivity index (χ0v) is 17.4. The monoisotopic (exact) mass is 422 g/mol. The summed E-state index contributed by atoms with van der Waals surface area (Å²) >= 11 is 0. The van der Waals surface area contributed by atoms with E-state index < -0.39 is 29.7 Å². The molecule has 8 heteroatoms. The van der Waals surface area contributed by atoms with Crippen LogP contribution in [-0.2, 0) is 9.53 Å². The highest BCUT2D eigenvalue weighted by Crippen LogP contribution is 2.23. The van der Waals surface area contributed by atoms with Crippen LogP contribution in [0.4, 0.5) is 5.69 Å². The van der Waals surface area contributed by atoms with E-state index in [9.17, 15) is 24.0 Å². The van der Waals surface area contributed by atoms with E-state index in [4.69, 9.17) is 4.74 Å². The first-order valence-corrected chi connectivity index (χ1v) is 9.84. The summed E-state index contributed by atoms with van der Waals surface area (Å²) < 4.78 is 5.26. The summed E-state index contributed by atoms with van der Waals surface area (Å²) in [7, 11) is 1.36. The Labute approximate surface area is 179 Å². The summed E-state index contributed by atoms with van der Waals surface area (Å²) in [4.78, 5) is 61.7. The van der Waals surface area contributed by atoms with Crippen molar-refractivity contribution in [1.29, 1.82) is 0 Å². The number of anilines is 1. The fourth-order valence-electron chi connectivity index (χ4n) is 3.17. The Bertz CT molecular complexity index is 1070. The minimum absolute atomic E-state index is 0.0730. The second kappa shape index (κ2) is 8.91. The number of esters is 1. The Hall–Kier alpha value is -3.81. The van der Waals surface area contributed by atoms with Crippen molar-refractivity contribution >= 4 is 35.2 Å². The van der Waals surface area contributed by atoms with E-state index in [1.54, 1.807) is 24.3 Å². The van der Waals surface area contributed by atoms with E-state index in [2.05, 4.69) is 5.32 Å². The maximum Gasteiger partial charge on any atom is 0.338 e. The molecule has 31 heavy (non-hydrogen) atoms. The van der Waals surface area contributed by atoms with E-state index >= 15 is 0 Å². The maximum atomic E-state index is 12.6. The smallest absolute Gasteiger partial charge is 0.338 e. The van der Waals surface area contributed by atoms with E-state index in [1.165, 1.54) is 32.2 Å². The normalized spacial score (nSPS) is 13.6. The van der Waals surface area contributed by atoms with Gasteiger partial charge < -0.3 is 10.1 Å². The molecule has 2 aromatic carbocycles. The Morgan fingerprint density at radius 1 is 0.968 bits per heavy atom. The van der Waals surface area contributed by atoms with Crippen molar-refractivity contribution in [3.05, 3.63) is 64.7 Å². The molecule has 0 fully saturated rings. The fourth-order valence-corrected chi connectivity index (χ4v) is 3.17. The van der Waals surface area contributed by atoms with Gasteiger partial charge in [-0.2, -0.15) is 0 Å². The summed E-state index contributed by atoms with van der Waals surface area (Å²) in [5, 5.41) is 2.73. The van der Waals surface area contributed by atoms with Gasteiger partial charge in [0.15, 0.2) is 6.10 Å². The van der Waals surface area contributed by atoms with Gasteiger partial charge in [-0.15, -0.1) is 0 Å². The number of hydrogen-bond donors (Lipinski definition) is 1. The molecule has 3 amide bonds. The predicted molar refractivity (Wildman–Crippen MR) is 112 cm³/mol. The summed E-state index contributed by atoms with van der Waals surface area (Å²) in [6.45, 7) is 3.36. The van der Waals surface area contributed by atoms with Gasteiger partial charge in [0.25, 0.3) is 11.8 Å². The Balaban J connectivity index is 1.66. The van der Waals surface area contributed by atoms with Crippen LogP contribution in [0.3, 0.4) is 0 Å². The number of amides is 3. The highest BCUT2D eigenvalue weighted by molar-refractivity contribution is 6.21. The van der Waals surface area contributed by atoms with Crippen LogP contribution in [0, 0.1) is 0 Å². The van der Waals surface area contributed by atoms with E-state index in [0.717, 1.165) is 11.3 Å². The number of nitrogens with zero attached hydrogens (tertiary/aromatic N) is 1. The Morgan fingerprint density at radius 3 is 2.23 bits per heavy atom. The van der Waals surface area contributed by atoms with Crippen LogP contribution in [0.1, 0.15) is 68.1 Å². The van der Waals surface area contributed by atoms with Gasteiger partial charge in [-0.3, -0.25) is 24.1 Å². The average Bonchev–Trinajstić information content (AvgIpc) is 2.97. The maximum absolute atomic E-state index is 12.6. The van der Waals surface area contributed by atoms with Crippen LogP contribution in [0.15, 0.2) is 42.5 Å². The number of carbonyl (C=O) groups excluding carboxylic acids is 5. The third-order valence-electron chi connectivity index (χ3n) is 4.91. The van der Waals surface area contributed by atoms with Gasteiger partial charge in [-0.1, -0.05) is 6.92 Å². The molecule has 1 atom stereocenters. The molecule has 1 heterocycles. The van der Waals surface area contributed by atoms with E-state index in [1.807, 2.05) is 6.92 Å². The summed E-state index contributed by atoms with van der Waals surface area (Å²) in [6.07, 6.45) is 0.0737. The largest absolute Gasteiger partial charge is 0.451 e. The van der Waals surface area contributed by atoms with Gasteiger partial charge in [-0.05, 0) is 55.8 Å². The SMILES string of the molecule is CCCC(=O)Nc1ccc(C(=O)C(C)OC(=O)c2ccc3c(c2)C(=O)N(C)C3=O)cc1. The number of nitrogens with one attached hydrogen (secondary N) is 1. The molecule has 1 aliphatic heterocycles. The van der Waals surface area contributed by atoms with E-state index in [0.29, 0.717) is 17.7 Å². The molecule has 1 aliphatic rings. The lowest BCUT2D eigenvalue weighted by Crippen LogP contribution is -2.25. The van der Waals surface area contributed by atoms with Crippen LogP contribution >= 0.6 is 0 Å². The molecule has 0 aromatic heterocycles. The number of ketones is 1. The highest BCUT2D eigenvalue weighted by atomic mass is 16.5. The first-order valence-electron chi connectivity index (χ1n) is 9.84. The third kappa shape index (κ3) is 4.53. The lowest BCUT2D eigenvalue weighted by molar-refractivity contribution is -0.116. The zero-order chi connectivity index (χ0) is 22.7. The Kier molecular flexibility index (Phi) is 6.29. The molecule has 0 saturated carbocycles. The molecular formula is C23H22N2O6. The van der Waals surface area contributed by atoms with Crippen LogP contribution in [-0.4, -0.2) is 47.5 Å². The standard InChI is InChI=1S/C23H22N2O6/c1-4-5-19(26)24-16-9-6-14(7-10-16)20(27)13(2)31-23(30)15-8-11-17-18(12-15)22(29)25(3)21(17)28/h6-13H,4-5H2,1-3H3,(H,24,26). The number of benzene rings is 2. The van der Waals surface area contributed by atoms with Gasteiger partial charge in [0.05, 0.1) is 16.7 Å². The number of imide groups is 1. The first-order chi connectivity index (χ1) is 14.7. The Morgan fingerprint density at radius 2 is 1.58 bits per heavy atom. The molecule has 2 aromatic rings. The first kappa shape index (κ1) is 21.9. The minimum Gasteiger partial charge on any atom is -0.451 e. The van der Waals surface area contributed by atoms with Crippen LogP contribution in [0.25, 0.3) is 0 Å². The number of fused-ring (bicyclic) bond motifs is 1. The van der Waals surface area contributed by atoms with Crippen molar-refractivity contribution in [3.63, 3.8) is 0 Å². The van der Waals surface area contributed by atoms with Crippen LogP contribution in [0.5, 0.6) is 0 Å². The van der Waals surface area contributed by atoms with E-state index in [-0.39, 0.29) is 22.6 Å². The molecule has 0 saturated heterocycles. The molecule has 0 spiro atoms. The number of carbonyl (C=O) groups is 5. The quantitative estimate of drug-likeness (QED) is 0.417. The van der Waals surface area contributed by atoms with Gasteiger partial charge in [0.1, 0.15) is 0 Å². The predicted octanol–water partition coefficient (Wildman–Crippen LogP) is 3.08. The topological polar surface area (TPSA) is 110 Å². The third-order valence-corrected chi connectivity index (χ3v) is 4.91. The average molecular weight is 422 g/mol. The van der Waals surface area contributed by atoms with Gasteiger partial charge in [0, 0.05) is 24.7 Å². The second-order valence-electron chi connectivity index (χ2n) is 7.22. The summed E-state index contributed by atoms with van der Waals surface area (Å²) in [5.74, 6) is -2.22. The fraction of sp³-hybridized carbons (Fsp3) is 0.261. The highest BCUT2D eigenvalue weighted by Gasteiger charge is 2.33. The molecule has 1 unspecified atom stereocenters. The molecule has 0 aliphatic carbocycles. The lowest BCUT2D eigenvalue weighted by Gasteiger charge is -2.13. The number of ether oxygens (including phenoxy) is 1. The molecule has 1 N–H and O–H groups in total. The van der Waals surface area contributed by atoms with Crippen molar-refractivity contribution in [2.24, 2.45) is 0 Å². The van der Waals surface area contributed by atoms with Crippen molar-refractivity contribution in [2.75, 3.05) is 12.4 Å². The molecular weight excluding hydrogens is 400 g/mol.